The quantitative estimate of drug-likeness (QED) is 0.694. The van der Waals surface area contributed by atoms with Crippen LogP contribution >= 0.6 is 23.4 Å². The number of nitrogens with zero attached hydrogens (tertiary/aromatic N) is 4. The predicted molar refractivity (Wildman–Crippen MR) is 79.2 cm³/mol. The molecule has 2 rings (SSSR count). The Bertz CT molecular complexity index is 657. The summed E-state index contributed by atoms with van der Waals surface area (Å²) >= 11 is 7.50. The normalized spacial score (nSPS) is 11.2. The van der Waals surface area contributed by atoms with Crippen LogP contribution in [0.15, 0.2) is 22.4 Å². The fourth-order valence-electron chi connectivity index (χ4n) is 1.55. The number of phenolic OH excluding ortho intramolecular Hbond substituents is 1. The summed E-state index contributed by atoms with van der Waals surface area (Å²) in [5.41, 5.74) is 0.574. The Morgan fingerprint density at radius 3 is 2.85 bits per heavy atom. The third kappa shape index (κ3) is 2.73. The molecule has 0 amide bonds. The van der Waals surface area contributed by atoms with Crippen molar-refractivity contribution in [3.63, 3.8) is 0 Å². The summed E-state index contributed by atoms with van der Waals surface area (Å²) < 4.78 is 6.58. The molecule has 8 heteroatoms. The second-order valence-corrected chi connectivity index (χ2v) is 4.96. The molecule has 6 nitrogen and oxygen atoms in total. The lowest BCUT2D eigenvalue weighted by Crippen LogP contribution is -1.96. The summed E-state index contributed by atoms with van der Waals surface area (Å²) in [7, 11) is 1.46. The molecular formula is C12H13ClN4O2S. The zero-order chi connectivity index (χ0) is 14.7. The van der Waals surface area contributed by atoms with Gasteiger partial charge in [0.05, 0.1) is 18.3 Å². The summed E-state index contributed by atoms with van der Waals surface area (Å²) in [4.78, 5) is 0. The van der Waals surface area contributed by atoms with Gasteiger partial charge >= 0.3 is 0 Å². The number of halogens is 1. The van der Waals surface area contributed by atoms with Gasteiger partial charge in [-0.05, 0) is 25.3 Å². The molecule has 106 valence electrons. The molecule has 1 N–H and O–H groups in total. The van der Waals surface area contributed by atoms with Gasteiger partial charge in [0, 0.05) is 5.56 Å². The van der Waals surface area contributed by atoms with E-state index in [0.717, 1.165) is 0 Å². The maximum atomic E-state index is 9.84. The third-order valence-corrected chi connectivity index (χ3v) is 3.61. The molecule has 0 unspecified atom stereocenters. The van der Waals surface area contributed by atoms with Crippen molar-refractivity contribution in [3.8, 4) is 11.5 Å². The SMILES string of the molecule is COc1ccc(/C=N\n2c(C)nnc2SC)c(Cl)c1O. The zero-order valence-electron chi connectivity index (χ0n) is 11.2. The molecule has 1 heterocycles. The molecule has 0 spiro atoms. The topological polar surface area (TPSA) is 72.5 Å². The lowest BCUT2D eigenvalue weighted by Gasteiger charge is -2.06. The van der Waals surface area contributed by atoms with Crippen molar-refractivity contribution in [1.29, 1.82) is 0 Å². The number of thioether (sulfide) groups is 1. The van der Waals surface area contributed by atoms with Crippen LogP contribution in [0.4, 0.5) is 0 Å². The van der Waals surface area contributed by atoms with Gasteiger partial charge in [-0.25, -0.2) is 0 Å². The molecule has 0 saturated carbocycles. The van der Waals surface area contributed by atoms with Crippen molar-refractivity contribution < 1.29 is 9.84 Å². The van der Waals surface area contributed by atoms with Crippen LogP contribution in [0.5, 0.6) is 11.5 Å². The minimum absolute atomic E-state index is 0.108. The van der Waals surface area contributed by atoms with E-state index in [1.54, 1.807) is 23.7 Å². The van der Waals surface area contributed by atoms with E-state index in [4.69, 9.17) is 16.3 Å². The maximum Gasteiger partial charge on any atom is 0.211 e. The van der Waals surface area contributed by atoms with E-state index in [0.29, 0.717) is 22.3 Å². The van der Waals surface area contributed by atoms with E-state index >= 15 is 0 Å². The largest absolute Gasteiger partial charge is 0.503 e. The van der Waals surface area contributed by atoms with Crippen LogP contribution in [-0.4, -0.2) is 39.6 Å². The van der Waals surface area contributed by atoms with Crippen molar-refractivity contribution in [3.05, 3.63) is 28.5 Å². The van der Waals surface area contributed by atoms with Crippen molar-refractivity contribution >= 4 is 29.6 Å². The summed E-state index contributed by atoms with van der Waals surface area (Å²) in [6.07, 6.45) is 3.43. The first-order chi connectivity index (χ1) is 9.58. The third-order valence-electron chi connectivity index (χ3n) is 2.59. The number of rotatable bonds is 4. The number of phenols is 1. The number of methoxy groups -OCH3 is 1. The number of aromatic nitrogens is 3. The molecule has 1 aromatic heterocycles. The van der Waals surface area contributed by atoms with Gasteiger partial charge in [-0.15, -0.1) is 10.2 Å². The van der Waals surface area contributed by atoms with Crippen molar-refractivity contribution in [1.82, 2.24) is 14.9 Å². The van der Waals surface area contributed by atoms with E-state index in [2.05, 4.69) is 15.3 Å². The van der Waals surface area contributed by atoms with E-state index in [9.17, 15) is 5.11 Å². The predicted octanol–water partition coefficient (Wildman–Crippen LogP) is 2.56. The van der Waals surface area contributed by atoms with Crippen LogP contribution in [0, 0.1) is 6.92 Å². The molecule has 0 radical (unpaired) electrons. The Hall–Kier alpha value is -1.73. The van der Waals surface area contributed by atoms with Crippen LogP contribution in [0.2, 0.25) is 5.02 Å². The summed E-state index contributed by atoms with van der Waals surface area (Å²) in [6.45, 7) is 1.80. The van der Waals surface area contributed by atoms with Crippen molar-refractivity contribution in [2.75, 3.05) is 13.4 Å². The molecule has 0 atom stereocenters. The smallest absolute Gasteiger partial charge is 0.211 e. The highest BCUT2D eigenvalue weighted by Gasteiger charge is 2.11. The highest BCUT2D eigenvalue weighted by atomic mass is 35.5. The van der Waals surface area contributed by atoms with Gasteiger partial charge in [0.25, 0.3) is 0 Å². The van der Waals surface area contributed by atoms with Crippen LogP contribution < -0.4 is 4.74 Å². The van der Waals surface area contributed by atoms with Crippen LogP contribution in [0.25, 0.3) is 0 Å². The standard InChI is InChI=1S/C12H13ClN4O2S/c1-7-15-16-12(20-3)17(7)14-6-8-4-5-9(19-2)11(18)10(8)13/h4-6,18H,1-3H3/b14-6-. The molecule has 1 aromatic carbocycles. The minimum atomic E-state index is -0.108. The lowest BCUT2D eigenvalue weighted by atomic mass is 10.2. The number of hydrogen-bond donors (Lipinski definition) is 1. The van der Waals surface area contributed by atoms with Gasteiger partial charge in [0.15, 0.2) is 17.3 Å². The van der Waals surface area contributed by atoms with Gasteiger partial charge in [-0.2, -0.15) is 9.78 Å². The van der Waals surface area contributed by atoms with Gasteiger partial charge in [-0.3, -0.25) is 0 Å². The molecule has 0 aliphatic rings. The molecule has 0 aliphatic heterocycles. The molecule has 20 heavy (non-hydrogen) atoms. The Balaban J connectivity index is 2.37. The van der Waals surface area contributed by atoms with Gasteiger partial charge < -0.3 is 9.84 Å². The number of hydrogen-bond acceptors (Lipinski definition) is 6. The van der Waals surface area contributed by atoms with E-state index in [1.807, 2.05) is 6.26 Å². The molecule has 0 saturated heterocycles. The monoisotopic (exact) mass is 312 g/mol. The first-order valence-corrected chi connectivity index (χ1v) is 7.24. The molecule has 2 aromatic rings. The van der Waals surface area contributed by atoms with Crippen LogP contribution in [0.3, 0.4) is 0 Å². The fourth-order valence-corrected chi connectivity index (χ4v) is 2.22. The molecular weight excluding hydrogens is 300 g/mol. The molecule has 0 aliphatic carbocycles. The highest BCUT2D eigenvalue weighted by molar-refractivity contribution is 7.98. The van der Waals surface area contributed by atoms with Crippen molar-refractivity contribution in [2.45, 2.75) is 12.1 Å². The minimum Gasteiger partial charge on any atom is -0.503 e. The van der Waals surface area contributed by atoms with Crippen LogP contribution in [0.1, 0.15) is 11.4 Å². The average Bonchev–Trinajstić information content (AvgIpc) is 2.81. The lowest BCUT2D eigenvalue weighted by molar-refractivity contribution is 0.373. The van der Waals surface area contributed by atoms with E-state index < -0.39 is 0 Å². The number of aryl methyl sites for hydroxylation is 1. The zero-order valence-corrected chi connectivity index (χ0v) is 12.7. The summed E-state index contributed by atoms with van der Waals surface area (Å²) in [6, 6.07) is 3.33. The summed E-state index contributed by atoms with van der Waals surface area (Å²) in [5.74, 6) is 0.876. The maximum absolute atomic E-state index is 9.84. The van der Waals surface area contributed by atoms with Gasteiger partial charge in [-0.1, -0.05) is 23.4 Å². The number of aromatic hydroxyl groups is 1. The fraction of sp³-hybridized carbons (Fsp3) is 0.250. The van der Waals surface area contributed by atoms with E-state index in [-0.39, 0.29) is 10.8 Å². The first-order valence-electron chi connectivity index (χ1n) is 5.64. The second kappa shape index (κ2) is 6.15. The molecule has 0 fully saturated rings. The Labute approximate surface area is 125 Å². The first kappa shape index (κ1) is 14.7. The second-order valence-electron chi connectivity index (χ2n) is 3.81. The van der Waals surface area contributed by atoms with E-state index in [1.165, 1.54) is 25.1 Å². The van der Waals surface area contributed by atoms with Crippen molar-refractivity contribution in [2.24, 2.45) is 5.10 Å². The Morgan fingerprint density at radius 1 is 1.45 bits per heavy atom. The molecule has 0 bridgehead atoms. The highest BCUT2D eigenvalue weighted by Crippen LogP contribution is 2.35. The number of ether oxygens (including phenoxy) is 1. The van der Waals surface area contributed by atoms with Gasteiger partial charge in [0.1, 0.15) is 0 Å². The number of benzene rings is 1. The average molecular weight is 313 g/mol. The van der Waals surface area contributed by atoms with Gasteiger partial charge in [0.2, 0.25) is 5.16 Å². The summed E-state index contributed by atoms with van der Waals surface area (Å²) in [5, 5.41) is 22.9. The Kier molecular flexibility index (Phi) is 4.51. The van der Waals surface area contributed by atoms with Crippen LogP contribution in [-0.2, 0) is 0 Å². The Morgan fingerprint density at radius 2 is 2.20 bits per heavy atom.